The summed E-state index contributed by atoms with van der Waals surface area (Å²) in [6, 6.07) is 23.5. The van der Waals surface area contributed by atoms with Crippen LogP contribution < -0.4 is 5.32 Å². The second kappa shape index (κ2) is 13.7. The lowest BCUT2D eigenvalue weighted by Crippen LogP contribution is -2.51. The fourth-order valence-electron chi connectivity index (χ4n) is 3.73. The Morgan fingerprint density at radius 3 is 2.23 bits per heavy atom. The summed E-state index contributed by atoms with van der Waals surface area (Å²) >= 11 is 1.47. The van der Waals surface area contributed by atoms with Crippen molar-refractivity contribution in [1.82, 2.24) is 10.2 Å². The molecule has 6 heteroatoms. The maximum atomic E-state index is 13.5. The van der Waals surface area contributed by atoms with Crippen LogP contribution in [0, 0.1) is 12.7 Å². The number of nitrogens with one attached hydrogen (secondary N) is 1. The van der Waals surface area contributed by atoms with Gasteiger partial charge in [-0.3, -0.25) is 9.59 Å². The normalized spacial score (nSPS) is 11.6. The fourth-order valence-corrected chi connectivity index (χ4v) is 4.60. The Bertz CT molecular complexity index is 1070. The van der Waals surface area contributed by atoms with Gasteiger partial charge in [0, 0.05) is 25.3 Å². The zero-order valence-electron chi connectivity index (χ0n) is 20.4. The first-order valence-corrected chi connectivity index (χ1v) is 13.1. The summed E-state index contributed by atoms with van der Waals surface area (Å²) in [6.07, 6.45) is 1.26. The molecular formula is C29H33FN2O2S. The first-order chi connectivity index (χ1) is 17.0. The molecule has 0 aliphatic carbocycles. The molecule has 0 unspecified atom stereocenters. The van der Waals surface area contributed by atoms with Crippen LogP contribution in [0.25, 0.3) is 0 Å². The van der Waals surface area contributed by atoms with Crippen LogP contribution in [0.2, 0.25) is 0 Å². The molecule has 35 heavy (non-hydrogen) atoms. The number of aryl methyl sites for hydroxylation is 1. The van der Waals surface area contributed by atoms with Gasteiger partial charge >= 0.3 is 0 Å². The molecule has 3 rings (SSSR count). The molecule has 0 bridgehead atoms. The Kier molecular flexibility index (Phi) is 10.4. The maximum Gasteiger partial charge on any atom is 0.243 e. The summed E-state index contributed by atoms with van der Waals surface area (Å²) in [5.74, 6) is 0.316. The van der Waals surface area contributed by atoms with Crippen LogP contribution in [0.1, 0.15) is 35.6 Å². The third-order valence-corrected chi connectivity index (χ3v) is 6.69. The summed E-state index contributed by atoms with van der Waals surface area (Å²) < 4.78 is 13.2. The Balaban J connectivity index is 1.81. The van der Waals surface area contributed by atoms with Crippen molar-refractivity contribution in [2.45, 2.75) is 45.0 Å². The van der Waals surface area contributed by atoms with Gasteiger partial charge in [-0.2, -0.15) is 0 Å². The summed E-state index contributed by atoms with van der Waals surface area (Å²) in [6.45, 7) is 4.95. The number of amides is 2. The highest BCUT2D eigenvalue weighted by atomic mass is 32.2. The molecule has 3 aromatic carbocycles. The van der Waals surface area contributed by atoms with Gasteiger partial charge in [-0.15, -0.1) is 11.8 Å². The molecule has 1 atom stereocenters. The lowest BCUT2D eigenvalue weighted by molar-refractivity contribution is -0.139. The van der Waals surface area contributed by atoms with E-state index in [1.165, 1.54) is 23.9 Å². The topological polar surface area (TPSA) is 49.4 Å². The Morgan fingerprint density at radius 2 is 1.57 bits per heavy atom. The highest BCUT2D eigenvalue weighted by Crippen LogP contribution is 2.19. The van der Waals surface area contributed by atoms with E-state index >= 15 is 0 Å². The molecular weight excluding hydrogens is 459 g/mol. The number of carbonyl (C=O) groups is 2. The average Bonchev–Trinajstić information content (AvgIpc) is 2.87. The van der Waals surface area contributed by atoms with Crippen molar-refractivity contribution in [3.8, 4) is 0 Å². The number of halogens is 1. The van der Waals surface area contributed by atoms with Gasteiger partial charge in [0.1, 0.15) is 11.9 Å². The van der Waals surface area contributed by atoms with Gasteiger partial charge in [0.25, 0.3) is 0 Å². The van der Waals surface area contributed by atoms with Crippen molar-refractivity contribution >= 4 is 23.6 Å². The zero-order valence-corrected chi connectivity index (χ0v) is 21.2. The van der Waals surface area contributed by atoms with E-state index in [-0.39, 0.29) is 23.4 Å². The van der Waals surface area contributed by atoms with Gasteiger partial charge in [0.2, 0.25) is 11.8 Å². The van der Waals surface area contributed by atoms with Crippen molar-refractivity contribution in [1.29, 1.82) is 0 Å². The van der Waals surface area contributed by atoms with Crippen molar-refractivity contribution in [3.63, 3.8) is 0 Å². The van der Waals surface area contributed by atoms with E-state index < -0.39 is 6.04 Å². The van der Waals surface area contributed by atoms with Crippen LogP contribution in [0.5, 0.6) is 0 Å². The summed E-state index contributed by atoms with van der Waals surface area (Å²) in [5, 5.41) is 3.00. The predicted molar refractivity (Wildman–Crippen MR) is 142 cm³/mol. The molecule has 4 nitrogen and oxygen atoms in total. The minimum absolute atomic E-state index is 0.0923. The van der Waals surface area contributed by atoms with Crippen molar-refractivity contribution in [3.05, 3.63) is 107 Å². The molecule has 0 radical (unpaired) electrons. The molecule has 0 fully saturated rings. The third-order valence-electron chi connectivity index (χ3n) is 5.70. The fraction of sp³-hybridized carbons (Fsp3) is 0.310. The molecule has 0 spiro atoms. The number of nitrogens with zero attached hydrogens (tertiary/aromatic N) is 1. The quantitative estimate of drug-likeness (QED) is 0.362. The highest BCUT2D eigenvalue weighted by Gasteiger charge is 2.30. The molecule has 0 saturated heterocycles. The van der Waals surface area contributed by atoms with Gasteiger partial charge in [-0.05, 0) is 42.2 Å². The first kappa shape index (κ1) is 26.5. The van der Waals surface area contributed by atoms with E-state index in [2.05, 4.69) is 5.32 Å². The van der Waals surface area contributed by atoms with Crippen LogP contribution in [0.15, 0.2) is 78.9 Å². The molecule has 0 aromatic heterocycles. The Morgan fingerprint density at radius 1 is 0.914 bits per heavy atom. The van der Waals surface area contributed by atoms with Crippen LogP contribution in [0.3, 0.4) is 0 Å². The molecule has 0 aliphatic rings. The molecule has 184 valence electrons. The highest BCUT2D eigenvalue weighted by molar-refractivity contribution is 7.99. The van der Waals surface area contributed by atoms with Gasteiger partial charge in [-0.25, -0.2) is 4.39 Å². The summed E-state index contributed by atoms with van der Waals surface area (Å²) in [7, 11) is 0. The number of thioether (sulfide) groups is 1. The second-order valence-electron chi connectivity index (χ2n) is 8.62. The van der Waals surface area contributed by atoms with E-state index in [0.717, 1.165) is 28.7 Å². The van der Waals surface area contributed by atoms with E-state index in [1.807, 2.05) is 68.4 Å². The number of rotatable bonds is 12. The van der Waals surface area contributed by atoms with Crippen molar-refractivity contribution < 1.29 is 14.0 Å². The third kappa shape index (κ3) is 8.55. The van der Waals surface area contributed by atoms with Crippen molar-refractivity contribution in [2.75, 3.05) is 12.3 Å². The SMILES string of the molecule is CCCNC(=O)[C@H](Cc1ccccc1)N(Cc1ccc(C)cc1)C(=O)CSCc1ccc(F)cc1. The first-order valence-electron chi connectivity index (χ1n) is 11.9. The minimum Gasteiger partial charge on any atom is -0.354 e. The van der Waals surface area contributed by atoms with Gasteiger partial charge in [-0.1, -0.05) is 79.2 Å². The lowest BCUT2D eigenvalue weighted by Gasteiger charge is -2.31. The number of benzene rings is 3. The molecule has 1 N–H and O–H groups in total. The summed E-state index contributed by atoms with van der Waals surface area (Å²) in [4.78, 5) is 28.5. The van der Waals surface area contributed by atoms with Gasteiger partial charge in [0.15, 0.2) is 0 Å². The molecule has 3 aromatic rings. The van der Waals surface area contributed by atoms with Gasteiger partial charge < -0.3 is 10.2 Å². The lowest BCUT2D eigenvalue weighted by atomic mass is 10.0. The summed E-state index contributed by atoms with van der Waals surface area (Å²) in [5.41, 5.74) is 4.08. The van der Waals surface area contributed by atoms with Crippen LogP contribution >= 0.6 is 11.8 Å². The average molecular weight is 493 g/mol. The second-order valence-corrected chi connectivity index (χ2v) is 9.61. The zero-order chi connectivity index (χ0) is 25.0. The minimum atomic E-state index is -0.621. The number of carbonyl (C=O) groups excluding carboxylic acids is 2. The van der Waals surface area contributed by atoms with Crippen LogP contribution in [0.4, 0.5) is 4.39 Å². The molecule has 2 amide bonds. The Labute approximate surface area is 211 Å². The van der Waals surface area contributed by atoms with Crippen molar-refractivity contribution in [2.24, 2.45) is 0 Å². The van der Waals surface area contributed by atoms with Crippen LogP contribution in [-0.2, 0) is 28.3 Å². The molecule has 0 aliphatic heterocycles. The Hall–Kier alpha value is -3.12. The smallest absolute Gasteiger partial charge is 0.243 e. The maximum absolute atomic E-state index is 13.5. The largest absolute Gasteiger partial charge is 0.354 e. The molecule has 0 saturated carbocycles. The van der Waals surface area contributed by atoms with E-state index in [4.69, 9.17) is 0 Å². The monoisotopic (exact) mass is 492 g/mol. The standard InChI is InChI=1S/C29H33FN2O2S/c1-3-17-31-29(34)27(18-23-7-5-4-6-8-23)32(19-24-11-9-22(2)10-12-24)28(33)21-35-20-25-13-15-26(30)16-14-25/h4-16,27H,3,17-21H2,1-2H3,(H,31,34)/t27-/m0/s1. The predicted octanol–water partition coefficient (Wildman–Crippen LogP) is 5.53. The molecule has 0 heterocycles. The van der Waals surface area contributed by atoms with E-state index in [9.17, 15) is 14.0 Å². The van der Waals surface area contributed by atoms with Gasteiger partial charge in [0.05, 0.1) is 5.75 Å². The number of hydrogen-bond donors (Lipinski definition) is 1. The number of hydrogen-bond acceptors (Lipinski definition) is 3. The van der Waals surface area contributed by atoms with E-state index in [1.54, 1.807) is 17.0 Å². The van der Waals surface area contributed by atoms with Crippen LogP contribution in [-0.4, -0.2) is 35.1 Å². The van der Waals surface area contributed by atoms with E-state index in [0.29, 0.717) is 25.3 Å².